The van der Waals surface area contributed by atoms with E-state index in [-0.39, 0.29) is 0 Å². The molecule has 2 heterocycles. The Hall–Kier alpha value is -1.07. The normalized spacial score (nSPS) is 10.2. The first-order chi connectivity index (χ1) is 8.29. The zero-order valence-electron chi connectivity index (χ0n) is 9.53. The Bertz CT molecular complexity index is 484. The Labute approximate surface area is 113 Å². The molecular weight excluding hydrogens is 298 g/mol. The molecule has 0 aliphatic rings. The van der Waals surface area contributed by atoms with Gasteiger partial charge in [-0.1, -0.05) is 0 Å². The van der Waals surface area contributed by atoms with E-state index in [0.29, 0.717) is 0 Å². The molecule has 2 rings (SSSR count). The van der Waals surface area contributed by atoms with Crippen molar-refractivity contribution in [2.24, 2.45) is 0 Å². The highest BCUT2D eigenvalue weighted by atomic mass is 79.9. The fraction of sp³-hybridized carbons (Fsp3) is 0.250. The van der Waals surface area contributed by atoms with Crippen LogP contribution >= 0.6 is 27.3 Å². The van der Waals surface area contributed by atoms with E-state index in [0.717, 1.165) is 28.9 Å². The predicted octanol–water partition coefficient (Wildman–Crippen LogP) is 3.95. The van der Waals surface area contributed by atoms with E-state index in [4.69, 9.17) is 0 Å². The second-order valence-corrected chi connectivity index (χ2v) is 5.39. The van der Waals surface area contributed by atoms with E-state index in [1.807, 2.05) is 12.4 Å². The smallest absolute Gasteiger partial charge is 0.0550 e. The van der Waals surface area contributed by atoms with Gasteiger partial charge in [0.1, 0.15) is 0 Å². The SMILES string of the molecule is CCNc1cncc(NCc2sccc2Br)c1. The van der Waals surface area contributed by atoms with Gasteiger partial charge in [0.2, 0.25) is 0 Å². The van der Waals surface area contributed by atoms with Crippen LogP contribution in [-0.2, 0) is 6.54 Å². The number of thiophene rings is 1. The highest BCUT2D eigenvalue weighted by molar-refractivity contribution is 9.10. The van der Waals surface area contributed by atoms with Gasteiger partial charge in [-0.15, -0.1) is 11.3 Å². The van der Waals surface area contributed by atoms with Crippen LogP contribution in [-0.4, -0.2) is 11.5 Å². The number of halogens is 1. The van der Waals surface area contributed by atoms with Crippen LogP contribution in [0.25, 0.3) is 0 Å². The van der Waals surface area contributed by atoms with Gasteiger partial charge in [0.15, 0.2) is 0 Å². The molecule has 17 heavy (non-hydrogen) atoms. The van der Waals surface area contributed by atoms with Gasteiger partial charge >= 0.3 is 0 Å². The lowest BCUT2D eigenvalue weighted by Gasteiger charge is -2.08. The topological polar surface area (TPSA) is 37.0 Å². The number of hydrogen-bond donors (Lipinski definition) is 2. The van der Waals surface area contributed by atoms with Crippen LogP contribution in [0.2, 0.25) is 0 Å². The number of aromatic nitrogens is 1. The third-order valence-corrected chi connectivity index (χ3v) is 4.19. The Kier molecular flexibility index (Phi) is 4.39. The van der Waals surface area contributed by atoms with E-state index >= 15 is 0 Å². The number of nitrogens with one attached hydrogen (secondary N) is 2. The van der Waals surface area contributed by atoms with E-state index < -0.39 is 0 Å². The van der Waals surface area contributed by atoms with Gasteiger partial charge in [-0.2, -0.15) is 0 Å². The van der Waals surface area contributed by atoms with Gasteiger partial charge in [0.25, 0.3) is 0 Å². The van der Waals surface area contributed by atoms with Crippen molar-refractivity contribution in [3.8, 4) is 0 Å². The first-order valence-electron chi connectivity index (χ1n) is 5.44. The summed E-state index contributed by atoms with van der Waals surface area (Å²) in [4.78, 5) is 5.48. The van der Waals surface area contributed by atoms with Crippen molar-refractivity contribution >= 4 is 38.6 Å². The van der Waals surface area contributed by atoms with Crippen molar-refractivity contribution in [2.45, 2.75) is 13.5 Å². The number of rotatable bonds is 5. The molecule has 0 saturated heterocycles. The summed E-state index contributed by atoms with van der Waals surface area (Å²) in [7, 11) is 0. The molecule has 90 valence electrons. The molecule has 0 atom stereocenters. The lowest BCUT2D eigenvalue weighted by Crippen LogP contribution is -2.01. The summed E-state index contributed by atoms with van der Waals surface area (Å²) < 4.78 is 1.16. The summed E-state index contributed by atoms with van der Waals surface area (Å²) in [5, 5.41) is 8.69. The molecule has 3 nitrogen and oxygen atoms in total. The molecule has 0 aliphatic heterocycles. The maximum atomic E-state index is 4.19. The molecule has 0 radical (unpaired) electrons. The Morgan fingerprint density at radius 2 is 2.06 bits per heavy atom. The number of pyridine rings is 1. The summed E-state index contributed by atoms with van der Waals surface area (Å²) in [6.07, 6.45) is 3.66. The van der Waals surface area contributed by atoms with Crippen molar-refractivity contribution in [1.82, 2.24) is 4.98 Å². The zero-order valence-corrected chi connectivity index (χ0v) is 11.9. The van der Waals surface area contributed by atoms with E-state index in [2.05, 4.69) is 56.0 Å². The van der Waals surface area contributed by atoms with Crippen molar-refractivity contribution in [3.63, 3.8) is 0 Å². The number of anilines is 2. The minimum atomic E-state index is 0.815. The molecule has 0 unspecified atom stereocenters. The minimum absolute atomic E-state index is 0.815. The first-order valence-corrected chi connectivity index (χ1v) is 7.11. The molecule has 0 aliphatic carbocycles. The second-order valence-electron chi connectivity index (χ2n) is 3.54. The summed E-state index contributed by atoms with van der Waals surface area (Å²) >= 11 is 5.26. The maximum absolute atomic E-state index is 4.19. The van der Waals surface area contributed by atoms with Crippen LogP contribution in [0.5, 0.6) is 0 Å². The largest absolute Gasteiger partial charge is 0.384 e. The van der Waals surface area contributed by atoms with Crippen molar-refractivity contribution in [3.05, 3.63) is 39.3 Å². The number of hydrogen-bond acceptors (Lipinski definition) is 4. The van der Waals surface area contributed by atoms with Crippen LogP contribution in [0.15, 0.2) is 34.4 Å². The van der Waals surface area contributed by atoms with Gasteiger partial charge in [-0.25, -0.2) is 0 Å². The van der Waals surface area contributed by atoms with E-state index in [9.17, 15) is 0 Å². The standard InChI is InChI=1S/C12H14BrN3S/c1-2-15-9-5-10(7-14-6-9)16-8-12-11(13)3-4-17-12/h3-7,15-16H,2,8H2,1H3. The zero-order chi connectivity index (χ0) is 12.1. The maximum Gasteiger partial charge on any atom is 0.0550 e. The van der Waals surface area contributed by atoms with Gasteiger partial charge in [0, 0.05) is 15.9 Å². The summed E-state index contributed by atoms with van der Waals surface area (Å²) in [6.45, 7) is 3.79. The molecule has 0 fully saturated rings. The average molecular weight is 312 g/mol. The van der Waals surface area contributed by atoms with Crippen molar-refractivity contribution in [2.75, 3.05) is 17.2 Å². The van der Waals surface area contributed by atoms with Gasteiger partial charge in [-0.3, -0.25) is 4.98 Å². The minimum Gasteiger partial charge on any atom is -0.384 e. The second kappa shape index (κ2) is 6.02. The lowest BCUT2D eigenvalue weighted by atomic mass is 10.3. The van der Waals surface area contributed by atoms with Crippen LogP contribution in [0.1, 0.15) is 11.8 Å². The van der Waals surface area contributed by atoms with Crippen LogP contribution in [0.3, 0.4) is 0 Å². The van der Waals surface area contributed by atoms with Gasteiger partial charge in [-0.05, 0) is 40.4 Å². The molecule has 2 N–H and O–H groups in total. The fourth-order valence-electron chi connectivity index (χ4n) is 1.47. The Morgan fingerprint density at radius 3 is 2.71 bits per heavy atom. The summed E-state index contributed by atoms with van der Waals surface area (Å²) in [6, 6.07) is 4.13. The van der Waals surface area contributed by atoms with Crippen molar-refractivity contribution in [1.29, 1.82) is 0 Å². The van der Waals surface area contributed by atoms with E-state index in [1.54, 1.807) is 11.3 Å². The Balaban J connectivity index is 1.99. The highest BCUT2D eigenvalue weighted by Crippen LogP contribution is 2.23. The predicted molar refractivity (Wildman–Crippen MR) is 77.7 cm³/mol. The van der Waals surface area contributed by atoms with Crippen molar-refractivity contribution < 1.29 is 0 Å². The molecule has 2 aromatic heterocycles. The third-order valence-electron chi connectivity index (χ3n) is 2.26. The Morgan fingerprint density at radius 1 is 1.29 bits per heavy atom. The van der Waals surface area contributed by atoms with E-state index in [1.165, 1.54) is 4.88 Å². The number of nitrogens with zero attached hydrogens (tertiary/aromatic N) is 1. The molecule has 0 aromatic carbocycles. The van der Waals surface area contributed by atoms with Crippen LogP contribution < -0.4 is 10.6 Å². The molecule has 0 saturated carbocycles. The van der Waals surface area contributed by atoms with Crippen LogP contribution in [0, 0.1) is 0 Å². The monoisotopic (exact) mass is 311 g/mol. The third kappa shape index (κ3) is 3.44. The average Bonchev–Trinajstić information content (AvgIpc) is 2.73. The molecule has 5 heteroatoms. The summed E-state index contributed by atoms with van der Waals surface area (Å²) in [5.74, 6) is 0. The summed E-state index contributed by atoms with van der Waals surface area (Å²) in [5.41, 5.74) is 2.08. The van der Waals surface area contributed by atoms with Crippen LogP contribution in [0.4, 0.5) is 11.4 Å². The quantitative estimate of drug-likeness (QED) is 0.878. The molecule has 2 aromatic rings. The van der Waals surface area contributed by atoms with Gasteiger partial charge in [0.05, 0.1) is 30.3 Å². The molecule has 0 spiro atoms. The fourth-order valence-corrected chi connectivity index (χ4v) is 2.90. The molecular formula is C12H14BrN3S. The van der Waals surface area contributed by atoms with Gasteiger partial charge < -0.3 is 10.6 Å². The molecule has 0 amide bonds. The molecule has 0 bridgehead atoms. The highest BCUT2D eigenvalue weighted by Gasteiger charge is 2.01. The lowest BCUT2D eigenvalue weighted by molar-refractivity contribution is 1.15. The first kappa shape index (κ1) is 12.4.